The summed E-state index contributed by atoms with van der Waals surface area (Å²) in [6.45, 7) is 4.69. The Labute approximate surface area is 128 Å². The smallest absolute Gasteiger partial charge is 0.251 e. The quantitative estimate of drug-likeness (QED) is 0.820. The van der Waals surface area contributed by atoms with E-state index in [-0.39, 0.29) is 5.91 Å². The van der Waals surface area contributed by atoms with Gasteiger partial charge in [0.15, 0.2) is 0 Å². The third-order valence-electron chi connectivity index (χ3n) is 4.70. The summed E-state index contributed by atoms with van der Waals surface area (Å²) in [4.78, 5) is 11.5. The minimum atomic E-state index is -0.0317. The molecule has 1 fully saturated rings. The maximum Gasteiger partial charge on any atom is 0.251 e. The van der Waals surface area contributed by atoms with Gasteiger partial charge < -0.3 is 10.6 Å². The Morgan fingerprint density at radius 2 is 1.81 bits per heavy atom. The molecule has 3 heteroatoms. The lowest BCUT2D eigenvalue weighted by Crippen LogP contribution is -2.20. The van der Waals surface area contributed by atoms with E-state index in [0.29, 0.717) is 11.6 Å². The Hall–Kier alpha value is -1.51. The minimum absolute atomic E-state index is 0.0317. The first-order valence-corrected chi connectivity index (χ1v) is 8.19. The van der Waals surface area contributed by atoms with E-state index in [9.17, 15) is 4.79 Å². The number of amides is 1. The maximum absolute atomic E-state index is 11.5. The van der Waals surface area contributed by atoms with Crippen LogP contribution in [0.3, 0.4) is 0 Å². The summed E-state index contributed by atoms with van der Waals surface area (Å²) in [6.07, 6.45) is 6.51. The molecular formula is C18H28N2O. The van der Waals surface area contributed by atoms with Crippen LogP contribution in [0.1, 0.15) is 56.3 Å². The average Bonchev–Trinajstić information content (AvgIpc) is 2.73. The lowest BCUT2D eigenvalue weighted by molar-refractivity contribution is 0.0963. The molecule has 1 amide bonds. The van der Waals surface area contributed by atoms with Gasteiger partial charge in [-0.3, -0.25) is 4.79 Å². The highest BCUT2D eigenvalue weighted by molar-refractivity contribution is 5.94. The fourth-order valence-electron chi connectivity index (χ4n) is 3.24. The van der Waals surface area contributed by atoms with Crippen LogP contribution in [0.2, 0.25) is 0 Å². The van der Waals surface area contributed by atoms with Crippen molar-refractivity contribution < 1.29 is 4.79 Å². The van der Waals surface area contributed by atoms with Gasteiger partial charge in [-0.15, -0.1) is 0 Å². The summed E-state index contributed by atoms with van der Waals surface area (Å²) < 4.78 is 0. The van der Waals surface area contributed by atoms with Gasteiger partial charge in [0, 0.05) is 24.3 Å². The van der Waals surface area contributed by atoms with Crippen molar-refractivity contribution in [1.29, 1.82) is 0 Å². The molecule has 1 aliphatic rings. The molecular weight excluding hydrogens is 260 g/mol. The van der Waals surface area contributed by atoms with Gasteiger partial charge in [0.2, 0.25) is 0 Å². The molecule has 1 aliphatic carbocycles. The minimum Gasteiger partial charge on any atom is -0.382 e. The van der Waals surface area contributed by atoms with Crippen LogP contribution < -0.4 is 10.6 Å². The van der Waals surface area contributed by atoms with Crippen molar-refractivity contribution in [3.8, 4) is 0 Å². The average molecular weight is 288 g/mol. The second-order valence-corrected chi connectivity index (χ2v) is 6.51. The van der Waals surface area contributed by atoms with Gasteiger partial charge in [-0.05, 0) is 55.4 Å². The van der Waals surface area contributed by atoms with Crippen LogP contribution in [0.5, 0.6) is 0 Å². The van der Waals surface area contributed by atoms with Gasteiger partial charge in [-0.2, -0.15) is 0 Å². The van der Waals surface area contributed by atoms with E-state index >= 15 is 0 Å². The van der Waals surface area contributed by atoms with E-state index in [4.69, 9.17) is 0 Å². The molecule has 21 heavy (non-hydrogen) atoms. The van der Waals surface area contributed by atoms with Crippen molar-refractivity contribution in [2.75, 3.05) is 12.4 Å². The molecule has 2 atom stereocenters. The molecule has 0 aromatic heterocycles. The molecule has 0 spiro atoms. The van der Waals surface area contributed by atoms with Crippen LogP contribution in [0.15, 0.2) is 24.3 Å². The summed E-state index contributed by atoms with van der Waals surface area (Å²) in [7, 11) is 1.66. The first-order valence-electron chi connectivity index (χ1n) is 8.19. The van der Waals surface area contributed by atoms with Crippen molar-refractivity contribution in [3.05, 3.63) is 29.8 Å². The van der Waals surface area contributed by atoms with E-state index < -0.39 is 0 Å². The number of carbonyl (C=O) groups excluding carboxylic acids is 1. The number of anilines is 1. The van der Waals surface area contributed by atoms with E-state index in [2.05, 4.69) is 24.5 Å². The normalized spacial score (nSPS) is 22.7. The number of carbonyl (C=O) groups is 1. The largest absolute Gasteiger partial charge is 0.382 e. The van der Waals surface area contributed by atoms with Crippen LogP contribution in [-0.2, 0) is 0 Å². The SMILES string of the molecule is CNC(=O)c1ccc(NC2CCCC(C(C)C)CC2)cc1. The summed E-state index contributed by atoms with van der Waals surface area (Å²) in [6, 6.07) is 8.36. The first-order chi connectivity index (χ1) is 10.1. The summed E-state index contributed by atoms with van der Waals surface area (Å²) in [5, 5.41) is 6.28. The molecule has 2 N–H and O–H groups in total. The number of rotatable bonds is 4. The van der Waals surface area contributed by atoms with Crippen molar-refractivity contribution in [3.63, 3.8) is 0 Å². The molecule has 0 aliphatic heterocycles. The molecule has 0 heterocycles. The summed E-state index contributed by atoms with van der Waals surface area (Å²) >= 11 is 0. The molecule has 0 bridgehead atoms. The zero-order valence-corrected chi connectivity index (χ0v) is 13.5. The number of hydrogen-bond acceptors (Lipinski definition) is 2. The standard InChI is InChI=1S/C18H28N2O/c1-13(2)14-5-4-6-16(10-7-14)20-17-11-8-15(9-12-17)18(21)19-3/h8-9,11-14,16,20H,4-7,10H2,1-3H3,(H,19,21). The number of benzene rings is 1. The molecule has 2 unspecified atom stereocenters. The van der Waals surface area contributed by atoms with Crippen LogP contribution in [0, 0.1) is 11.8 Å². The lowest BCUT2D eigenvalue weighted by Gasteiger charge is -2.20. The molecule has 2 rings (SSSR count). The van der Waals surface area contributed by atoms with E-state index in [1.54, 1.807) is 7.05 Å². The van der Waals surface area contributed by atoms with Gasteiger partial charge in [-0.25, -0.2) is 0 Å². The van der Waals surface area contributed by atoms with Crippen molar-refractivity contribution >= 4 is 11.6 Å². The molecule has 0 radical (unpaired) electrons. The first kappa shape index (κ1) is 15.9. The zero-order valence-electron chi connectivity index (χ0n) is 13.5. The third-order valence-corrected chi connectivity index (χ3v) is 4.70. The van der Waals surface area contributed by atoms with Gasteiger partial charge >= 0.3 is 0 Å². The Balaban J connectivity index is 1.91. The maximum atomic E-state index is 11.5. The Kier molecular flexibility index (Phi) is 5.66. The van der Waals surface area contributed by atoms with Crippen LogP contribution >= 0.6 is 0 Å². The number of nitrogens with one attached hydrogen (secondary N) is 2. The van der Waals surface area contributed by atoms with Gasteiger partial charge in [0.1, 0.15) is 0 Å². The highest BCUT2D eigenvalue weighted by atomic mass is 16.1. The second kappa shape index (κ2) is 7.48. The second-order valence-electron chi connectivity index (χ2n) is 6.51. The van der Waals surface area contributed by atoms with Crippen molar-refractivity contribution in [1.82, 2.24) is 5.32 Å². The predicted octanol–water partition coefficient (Wildman–Crippen LogP) is 4.06. The molecule has 1 saturated carbocycles. The van der Waals surface area contributed by atoms with E-state index in [1.165, 1.54) is 32.1 Å². The zero-order chi connectivity index (χ0) is 15.2. The number of hydrogen-bond donors (Lipinski definition) is 2. The molecule has 0 saturated heterocycles. The highest BCUT2D eigenvalue weighted by Crippen LogP contribution is 2.30. The predicted molar refractivity (Wildman–Crippen MR) is 88.7 cm³/mol. The van der Waals surface area contributed by atoms with Crippen LogP contribution in [0.4, 0.5) is 5.69 Å². The van der Waals surface area contributed by atoms with Crippen LogP contribution in [0.25, 0.3) is 0 Å². The molecule has 3 nitrogen and oxygen atoms in total. The van der Waals surface area contributed by atoms with Crippen molar-refractivity contribution in [2.24, 2.45) is 11.8 Å². The fraction of sp³-hybridized carbons (Fsp3) is 0.611. The van der Waals surface area contributed by atoms with E-state index in [0.717, 1.165) is 17.5 Å². The Morgan fingerprint density at radius 1 is 1.10 bits per heavy atom. The lowest BCUT2D eigenvalue weighted by atomic mass is 9.89. The van der Waals surface area contributed by atoms with Crippen LogP contribution in [-0.4, -0.2) is 19.0 Å². The Bertz CT molecular complexity index is 453. The molecule has 116 valence electrons. The topological polar surface area (TPSA) is 41.1 Å². The summed E-state index contributed by atoms with van der Waals surface area (Å²) in [5.41, 5.74) is 1.83. The molecule has 1 aromatic rings. The van der Waals surface area contributed by atoms with Gasteiger partial charge in [-0.1, -0.05) is 26.7 Å². The Morgan fingerprint density at radius 3 is 2.43 bits per heavy atom. The third kappa shape index (κ3) is 4.48. The highest BCUT2D eigenvalue weighted by Gasteiger charge is 2.20. The monoisotopic (exact) mass is 288 g/mol. The summed E-state index contributed by atoms with van der Waals surface area (Å²) in [5.74, 6) is 1.65. The van der Waals surface area contributed by atoms with Gasteiger partial charge in [0.05, 0.1) is 0 Å². The van der Waals surface area contributed by atoms with Crippen molar-refractivity contribution in [2.45, 2.75) is 52.0 Å². The van der Waals surface area contributed by atoms with E-state index in [1.807, 2.05) is 24.3 Å². The fourth-order valence-corrected chi connectivity index (χ4v) is 3.24. The molecule has 1 aromatic carbocycles. The van der Waals surface area contributed by atoms with Gasteiger partial charge in [0.25, 0.3) is 5.91 Å².